The Morgan fingerprint density at radius 1 is 1.35 bits per heavy atom. The molecule has 130 valence electrons. The van der Waals surface area contributed by atoms with Gasteiger partial charge >= 0.3 is 0 Å². The van der Waals surface area contributed by atoms with E-state index < -0.39 is 0 Å². The van der Waals surface area contributed by atoms with Crippen LogP contribution < -0.4 is 10.6 Å². The van der Waals surface area contributed by atoms with Crippen LogP contribution in [0.1, 0.15) is 25.3 Å². The standard InChI is InChI=1S/C17H26ClN3O.ClH/c1-3-19-11-14-6-8-21(9-7-14)12-17(22)20-16-5-4-15(18)10-13(16)2;/h4-5,10,14,19H,3,6-9,11-12H2,1-2H3,(H,20,22);1H. The van der Waals surface area contributed by atoms with Gasteiger partial charge in [-0.25, -0.2) is 0 Å². The minimum Gasteiger partial charge on any atom is -0.325 e. The van der Waals surface area contributed by atoms with Crippen molar-refractivity contribution < 1.29 is 4.79 Å². The summed E-state index contributed by atoms with van der Waals surface area (Å²) in [5, 5.41) is 7.08. The number of carbonyl (C=O) groups excluding carboxylic acids is 1. The lowest BCUT2D eigenvalue weighted by Crippen LogP contribution is -2.41. The number of nitrogens with one attached hydrogen (secondary N) is 2. The Balaban J connectivity index is 0.00000264. The van der Waals surface area contributed by atoms with E-state index in [4.69, 9.17) is 11.6 Å². The van der Waals surface area contributed by atoms with Crippen LogP contribution in [0.25, 0.3) is 0 Å². The summed E-state index contributed by atoms with van der Waals surface area (Å²) in [4.78, 5) is 14.4. The van der Waals surface area contributed by atoms with E-state index in [2.05, 4.69) is 22.5 Å². The average Bonchev–Trinajstić information content (AvgIpc) is 2.49. The molecular weight excluding hydrogens is 333 g/mol. The number of amides is 1. The van der Waals surface area contributed by atoms with Gasteiger partial charge in [0.15, 0.2) is 0 Å². The van der Waals surface area contributed by atoms with Crippen molar-refractivity contribution >= 4 is 35.6 Å². The number of hydrogen-bond donors (Lipinski definition) is 2. The number of anilines is 1. The summed E-state index contributed by atoms with van der Waals surface area (Å²) in [6.07, 6.45) is 2.33. The SMILES string of the molecule is CCNCC1CCN(CC(=O)Nc2ccc(Cl)cc2C)CC1.Cl. The van der Waals surface area contributed by atoms with Crippen molar-refractivity contribution in [2.45, 2.75) is 26.7 Å². The molecule has 1 fully saturated rings. The lowest BCUT2D eigenvalue weighted by atomic mass is 9.97. The van der Waals surface area contributed by atoms with Crippen LogP contribution in [0.4, 0.5) is 5.69 Å². The predicted molar refractivity (Wildman–Crippen MR) is 99.8 cm³/mol. The Hall–Kier alpha value is -0.810. The maximum atomic E-state index is 12.2. The van der Waals surface area contributed by atoms with E-state index in [9.17, 15) is 4.79 Å². The zero-order valence-corrected chi connectivity index (χ0v) is 15.5. The highest BCUT2D eigenvalue weighted by Crippen LogP contribution is 2.20. The van der Waals surface area contributed by atoms with E-state index in [0.717, 1.165) is 43.3 Å². The van der Waals surface area contributed by atoms with Crippen molar-refractivity contribution in [1.29, 1.82) is 0 Å². The largest absolute Gasteiger partial charge is 0.325 e. The molecule has 1 aliphatic heterocycles. The van der Waals surface area contributed by atoms with Crippen molar-refractivity contribution in [1.82, 2.24) is 10.2 Å². The van der Waals surface area contributed by atoms with Crippen molar-refractivity contribution in [3.8, 4) is 0 Å². The molecule has 1 aromatic rings. The molecular formula is C17H27Cl2N3O. The van der Waals surface area contributed by atoms with Crippen LogP contribution in [-0.4, -0.2) is 43.5 Å². The summed E-state index contributed by atoms with van der Waals surface area (Å²) < 4.78 is 0. The number of rotatable bonds is 6. The van der Waals surface area contributed by atoms with Gasteiger partial charge in [-0.3, -0.25) is 9.69 Å². The molecule has 0 saturated carbocycles. The molecule has 6 heteroatoms. The van der Waals surface area contributed by atoms with Crippen LogP contribution in [0.5, 0.6) is 0 Å². The van der Waals surface area contributed by atoms with Gasteiger partial charge in [-0.2, -0.15) is 0 Å². The number of nitrogens with zero attached hydrogens (tertiary/aromatic N) is 1. The molecule has 1 heterocycles. The Labute approximate surface area is 150 Å². The predicted octanol–water partition coefficient (Wildman–Crippen LogP) is 3.33. The highest BCUT2D eigenvalue weighted by molar-refractivity contribution is 6.30. The van der Waals surface area contributed by atoms with E-state index in [1.807, 2.05) is 19.1 Å². The van der Waals surface area contributed by atoms with E-state index in [0.29, 0.717) is 11.6 Å². The van der Waals surface area contributed by atoms with Crippen molar-refractivity contribution in [3.05, 3.63) is 28.8 Å². The quantitative estimate of drug-likeness (QED) is 0.818. The second-order valence-corrected chi connectivity index (χ2v) is 6.47. The van der Waals surface area contributed by atoms with Gasteiger partial charge in [-0.05, 0) is 75.6 Å². The summed E-state index contributed by atoms with van der Waals surface area (Å²) in [5.74, 6) is 0.799. The van der Waals surface area contributed by atoms with Gasteiger partial charge in [-0.1, -0.05) is 18.5 Å². The van der Waals surface area contributed by atoms with Gasteiger partial charge in [0.2, 0.25) is 5.91 Å². The highest BCUT2D eigenvalue weighted by Gasteiger charge is 2.20. The molecule has 1 amide bonds. The van der Waals surface area contributed by atoms with Gasteiger partial charge in [0.1, 0.15) is 0 Å². The maximum absolute atomic E-state index is 12.2. The first kappa shape index (κ1) is 20.2. The van der Waals surface area contributed by atoms with Gasteiger partial charge in [0, 0.05) is 10.7 Å². The molecule has 1 aliphatic rings. The van der Waals surface area contributed by atoms with Crippen LogP contribution in [0, 0.1) is 12.8 Å². The number of benzene rings is 1. The lowest BCUT2D eigenvalue weighted by molar-refractivity contribution is -0.117. The van der Waals surface area contributed by atoms with Gasteiger partial charge in [0.05, 0.1) is 6.54 Å². The topological polar surface area (TPSA) is 44.4 Å². The molecule has 2 rings (SSSR count). The molecule has 0 aromatic heterocycles. The minimum absolute atomic E-state index is 0. The van der Waals surface area contributed by atoms with Gasteiger partial charge in [-0.15, -0.1) is 12.4 Å². The van der Waals surface area contributed by atoms with Crippen molar-refractivity contribution in [2.75, 3.05) is 38.0 Å². The molecule has 0 radical (unpaired) electrons. The molecule has 0 bridgehead atoms. The summed E-state index contributed by atoms with van der Waals surface area (Å²) >= 11 is 5.93. The van der Waals surface area contributed by atoms with Crippen molar-refractivity contribution in [3.63, 3.8) is 0 Å². The molecule has 0 unspecified atom stereocenters. The van der Waals surface area contributed by atoms with E-state index in [1.54, 1.807) is 6.07 Å². The molecule has 4 nitrogen and oxygen atoms in total. The molecule has 0 spiro atoms. The number of aryl methyl sites for hydroxylation is 1. The van der Waals surface area contributed by atoms with E-state index in [-0.39, 0.29) is 18.3 Å². The van der Waals surface area contributed by atoms with Gasteiger partial charge < -0.3 is 10.6 Å². The minimum atomic E-state index is 0. The third-order valence-electron chi connectivity index (χ3n) is 4.22. The molecule has 1 aromatic carbocycles. The fourth-order valence-corrected chi connectivity index (χ4v) is 3.08. The Morgan fingerprint density at radius 2 is 2.04 bits per heavy atom. The smallest absolute Gasteiger partial charge is 0.238 e. The molecule has 0 atom stereocenters. The number of halogens is 2. The summed E-state index contributed by atoms with van der Waals surface area (Å²) in [7, 11) is 0. The van der Waals surface area contributed by atoms with Crippen LogP contribution in [-0.2, 0) is 4.79 Å². The van der Waals surface area contributed by atoms with E-state index >= 15 is 0 Å². The first-order valence-electron chi connectivity index (χ1n) is 8.07. The number of piperidine rings is 1. The number of carbonyl (C=O) groups is 1. The Morgan fingerprint density at radius 3 is 2.65 bits per heavy atom. The first-order valence-corrected chi connectivity index (χ1v) is 8.45. The zero-order chi connectivity index (χ0) is 15.9. The Bertz CT molecular complexity index is 503. The molecule has 2 N–H and O–H groups in total. The monoisotopic (exact) mass is 359 g/mol. The molecule has 1 saturated heterocycles. The Kier molecular flexibility index (Phi) is 8.92. The second-order valence-electron chi connectivity index (χ2n) is 6.03. The maximum Gasteiger partial charge on any atom is 0.238 e. The summed E-state index contributed by atoms with van der Waals surface area (Å²) in [6, 6.07) is 5.53. The van der Waals surface area contributed by atoms with E-state index in [1.165, 1.54) is 12.8 Å². The number of hydrogen-bond acceptors (Lipinski definition) is 3. The van der Waals surface area contributed by atoms with Crippen LogP contribution in [0.3, 0.4) is 0 Å². The summed E-state index contributed by atoms with van der Waals surface area (Å²) in [6.45, 7) is 8.69. The fourth-order valence-electron chi connectivity index (χ4n) is 2.86. The van der Waals surface area contributed by atoms with Crippen LogP contribution >= 0.6 is 24.0 Å². The van der Waals surface area contributed by atoms with Crippen molar-refractivity contribution in [2.24, 2.45) is 5.92 Å². The fraction of sp³-hybridized carbons (Fsp3) is 0.588. The third-order valence-corrected chi connectivity index (χ3v) is 4.46. The summed E-state index contributed by atoms with van der Waals surface area (Å²) in [5.41, 5.74) is 1.83. The average molecular weight is 360 g/mol. The first-order chi connectivity index (χ1) is 10.6. The molecule has 23 heavy (non-hydrogen) atoms. The number of likely N-dealkylation sites (tertiary alicyclic amines) is 1. The normalized spacial score (nSPS) is 16.0. The lowest BCUT2D eigenvalue weighted by Gasteiger charge is -2.31. The highest BCUT2D eigenvalue weighted by atomic mass is 35.5. The second kappa shape index (κ2) is 10.1. The molecule has 0 aliphatic carbocycles. The third kappa shape index (κ3) is 6.68. The zero-order valence-electron chi connectivity index (χ0n) is 13.9. The van der Waals surface area contributed by atoms with Crippen LogP contribution in [0.15, 0.2) is 18.2 Å². The van der Waals surface area contributed by atoms with Gasteiger partial charge in [0.25, 0.3) is 0 Å². The van der Waals surface area contributed by atoms with Crippen LogP contribution in [0.2, 0.25) is 5.02 Å².